The number of benzene rings is 2. The molecule has 2 heterocycles. The molecule has 1 atom stereocenters. The fourth-order valence-electron chi connectivity index (χ4n) is 4.00. The summed E-state index contributed by atoms with van der Waals surface area (Å²) < 4.78 is 16.4. The molecule has 0 amide bonds. The van der Waals surface area contributed by atoms with Crippen LogP contribution in [0, 0.1) is 12.7 Å². The Morgan fingerprint density at radius 1 is 1.23 bits per heavy atom. The maximum atomic E-state index is 14.7. The maximum Gasteiger partial charge on any atom is 0.187 e. The summed E-state index contributed by atoms with van der Waals surface area (Å²) in [5.74, 6) is -0.106. The predicted octanol–water partition coefficient (Wildman–Crippen LogP) is 6.64. The number of thiazole rings is 1. The average Bonchev–Trinajstić information content (AvgIpc) is 3.34. The van der Waals surface area contributed by atoms with Gasteiger partial charge in [0.2, 0.25) is 0 Å². The summed E-state index contributed by atoms with van der Waals surface area (Å²) in [6.07, 6.45) is 6.58. The van der Waals surface area contributed by atoms with Gasteiger partial charge in [0.1, 0.15) is 5.82 Å². The minimum atomic E-state index is -0.312. The number of imidazole rings is 1. The Morgan fingerprint density at radius 2 is 2.10 bits per heavy atom. The van der Waals surface area contributed by atoms with Crippen LogP contribution in [0.2, 0.25) is 5.02 Å². The monoisotopic (exact) mass is 438 g/mol. The van der Waals surface area contributed by atoms with Gasteiger partial charge in [-0.1, -0.05) is 29.8 Å². The van der Waals surface area contributed by atoms with E-state index in [4.69, 9.17) is 16.6 Å². The smallest absolute Gasteiger partial charge is 0.187 e. The number of nitrogens with zero attached hydrogens (tertiary/aromatic N) is 3. The van der Waals surface area contributed by atoms with Crippen LogP contribution in [0.15, 0.2) is 55.0 Å². The third-order valence-corrected chi connectivity index (χ3v) is 6.81. The van der Waals surface area contributed by atoms with Gasteiger partial charge in [-0.2, -0.15) is 0 Å². The molecule has 0 bridgehead atoms. The normalized spacial score (nSPS) is 15.8. The van der Waals surface area contributed by atoms with Crippen LogP contribution < -0.4 is 5.32 Å². The van der Waals surface area contributed by atoms with Crippen LogP contribution in [0.3, 0.4) is 0 Å². The Bertz CT molecular complexity index is 1220. The van der Waals surface area contributed by atoms with Crippen LogP contribution >= 0.6 is 22.9 Å². The van der Waals surface area contributed by atoms with E-state index in [2.05, 4.69) is 16.4 Å². The molecular weight excluding hydrogens is 419 g/mol. The van der Waals surface area contributed by atoms with Gasteiger partial charge in [0.05, 0.1) is 23.4 Å². The van der Waals surface area contributed by atoms with E-state index < -0.39 is 0 Å². The van der Waals surface area contributed by atoms with Gasteiger partial charge in [0, 0.05) is 27.7 Å². The van der Waals surface area contributed by atoms with Crippen molar-refractivity contribution in [3.05, 3.63) is 87.7 Å². The van der Waals surface area contributed by atoms with Gasteiger partial charge in [0.15, 0.2) is 5.13 Å². The van der Waals surface area contributed by atoms with E-state index in [1.54, 1.807) is 34.5 Å². The molecule has 0 spiro atoms. The first kappa shape index (κ1) is 19.3. The van der Waals surface area contributed by atoms with Gasteiger partial charge in [-0.05, 0) is 56.0 Å². The molecule has 1 aliphatic carbocycles. The second-order valence-corrected chi connectivity index (χ2v) is 9.00. The van der Waals surface area contributed by atoms with E-state index in [0.29, 0.717) is 11.4 Å². The van der Waals surface area contributed by atoms with Crippen LogP contribution in [0.5, 0.6) is 0 Å². The zero-order valence-electron chi connectivity index (χ0n) is 16.4. The summed E-state index contributed by atoms with van der Waals surface area (Å²) in [6.45, 7) is 1.88. The fourth-order valence-corrected chi connectivity index (χ4v) is 5.36. The van der Waals surface area contributed by atoms with E-state index in [9.17, 15) is 4.39 Å². The largest absolute Gasteiger partial charge is 0.331 e. The van der Waals surface area contributed by atoms with Gasteiger partial charge in [-0.25, -0.2) is 14.4 Å². The third-order valence-electron chi connectivity index (χ3n) is 5.42. The van der Waals surface area contributed by atoms with Crippen LogP contribution in [0.25, 0.3) is 5.69 Å². The zero-order chi connectivity index (χ0) is 20.7. The predicted molar refractivity (Wildman–Crippen MR) is 120 cm³/mol. The Morgan fingerprint density at radius 3 is 2.87 bits per heavy atom. The van der Waals surface area contributed by atoms with E-state index in [1.807, 2.05) is 31.2 Å². The number of nitrogens with one attached hydrogen (secondary N) is 1. The van der Waals surface area contributed by atoms with Crippen molar-refractivity contribution in [1.82, 2.24) is 14.5 Å². The van der Waals surface area contributed by atoms with Crippen molar-refractivity contribution >= 4 is 33.8 Å². The second kappa shape index (κ2) is 7.85. The van der Waals surface area contributed by atoms with Crippen molar-refractivity contribution in [1.29, 1.82) is 0 Å². The van der Waals surface area contributed by atoms with Crippen LogP contribution in [-0.2, 0) is 6.42 Å². The number of anilines is 2. The lowest BCUT2D eigenvalue weighted by molar-refractivity contribution is 0.610. The molecule has 0 radical (unpaired) electrons. The minimum absolute atomic E-state index is 0.206. The summed E-state index contributed by atoms with van der Waals surface area (Å²) in [4.78, 5) is 10.3. The number of aromatic nitrogens is 3. The average molecular weight is 439 g/mol. The van der Waals surface area contributed by atoms with Crippen LogP contribution in [0.4, 0.5) is 15.2 Å². The minimum Gasteiger partial charge on any atom is -0.331 e. The van der Waals surface area contributed by atoms with Crippen molar-refractivity contribution in [2.75, 3.05) is 5.32 Å². The maximum absolute atomic E-state index is 14.7. The SMILES string of the molecule is Cc1cn(-c2ccc(Nc3nc4c(s3)CCC[C@H]4c3ccccc3Cl)cc2F)cn1. The number of aryl methyl sites for hydroxylation is 2. The third kappa shape index (κ3) is 3.61. The lowest BCUT2D eigenvalue weighted by Crippen LogP contribution is -2.10. The van der Waals surface area contributed by atoms with E-state index in [0.717, 1.165) is 46.4 Å². The molecule has 7 heteroatoms. The lowest BCUT2D eigenvalue weighted by atomic mass is 9.85. The molecule has 4 aromatic rings. The molecule has 2 aromatic heterocycles. The molecule has 1 N–H and O–H groups in total. The molecule has 2 aromatic carbocycles. The highest BCUT2D eigenvalue weighted by molar-refractivity contribution is 7.15. The fraction of sp³-hybridized carbons (Fsp3) is 0.217. The first-order chi connectivity index (χ1) is 14.6. The summed E-state index contributed by atoms with van der Waals surface area (Å²) in [7, 11) is 0. The van der Waals surface area contributed by atoms with Gasteiger partial charge in [0.25, 0.3) is 0 Å². The molecule has 0 saturated carbocycles. The first-order valence-corrected chi connectivity index (χ1v) is 11.1. The van der Waals surface area contributed by atoms with Crippen molar-refractivity contribution < 1.29 is 4.39 Å². The molecule has 0 saturated heterocycles. The molecule has 0 unspecified atom stereocenters. The highest BCUT2D eigenvalue weighted by atomic mass is 35.5. The van der Waals surface area contributed by atoms with Crippen molar-refractivity contribution in [2.24, 2.45) is 0 Å². The molecular formula is C23H20ClFN4S. The highest BCUT2D eigenvalue weighted by Gasteiger charge is 2.27. The number of halogens is 2. The second-order valence-electron chi connectivity index (χ2n) is 7.51. The molecule has 152 valence electrons. The van der Waals surface area contributed by atoms with Crippen LogP contribution in [-0.4, -0.2) is 14.5 Å². The topological polar surface area (TPSA) is 42.7 Å². The number of hydrogen-bond donors (Lipinski definition) is 1. The highest BCUT2D eigenvalue weighted by Crippen LogP contribution is 2.42. The number of hydrogen-bond acceptors (Lipinski definition) is 4. The van der Waals surface area contributed by atoms with Crippen molar-refractivity contribution in [3.63, 3.8) is 0 Å². The van der Waals surface area contributed by atoms with E-state index >= 15 is 0 Å². The quantitative estimate of drug-likeness (QED) is 0.388. The summed E-state index contributed by atoms with van der Waals surface area (Å²) in [5, 5.41) is 4.85. The first-order valence-electron chi connectivity index (χ1n) is 9.90. The Hall–Kier alpha value is -2.70. The van der Waals surface area contributed by atoms with Gasteiger partial charge in [-0.15, -0.1) is 11.3 Å². The number of rotatable bonds is 4. The summed E-state index contributed by atoms with van der Waals surface area (Å²) in [6, 6.07) is 13.1. The lowest BCUT2D eigenvalue weighted by Gasteiger charge is -2.22. The number of fused-ring (bicyclic) bond motifs is 1. The molecule has 0 fully saturated rings. The van der Waals surface area contributed by atoms with Gasteiger partial charge in [-0.3, -0.25) is 0 Å². The molecule has 5 rings (SSSR count). The standard InChI is InChI=1S/C23H20ClFN4S/c1-14-12-29(13-26-14)20-10-9-15(11-19(20)25)27-23-28-22-17(6-4-8-21(22)30-23)16-5-2-3-7-18(16)24/h2-3,5,7,9-13,17H,4,6,8H2,1H3,(H,27,28)/t17-/m0/s1. The molecule has 4 nitrogen and oxygen atoms in total. The molecule has 1 aliphatic rings. The van der Waals surface area contributed by atoms with E-state index in [1.165, 1.54) is 10.9 Å². The van der Waals surface area contributed by atoms with Crippen molar-refractivity contribution in [3.8, 4) is 5.69 Å². The Labute approximate surface area is 183 Å². The Balaban J connectivity index is 1.42. The summed E-state index contributed by atoms with van der Waals surface area (Å²) >= 11 is 8.10. The molecule has 0 aliphatic heterocycles. The Kier molecular flexibility index (Phi) is 5.05. The zero-order valence-corrected chi connectivity index (χ0v) is 18.0. The van der Waals surface area contributed by atoms with Crippen LogP contribution in [0.1, 0.15) is 40.6 Å². The van der Waals surface area contributed by atoms with Gasteiger partial charge < -0.3 is 9.88 Å². The molecule has 30 heavy (non-hydrogen) atoms. The van der Waals surface area contributed by atoms with Crippen molar-refractivity contribution in [2.45, 2.75) is 32.1 Å². The van der Waals surface area contributed by atoms with E-state index in [-0.39, 0.29) is 11.7 Å². The van der Waals surface area contributed by atoms with Gasteiger partial charge >= 0.3 is 0 Å². The summed E-state index contributed by atoms with van der Waals surface area (Å²) in [5.41, 5.74) is 4.21.